The van der Waals surface area contributed by atoms with Gasteiger partial charge in [-0.2, -0.15) is 4.37 Å². The summed E-state index contributed by atoms with van der Waals surface area (Å²) in [5.74, 6) is 1.36. The molecule has 1 heterocycles. The fourth-order valence-corrected chi connectivity index (χ4v) is 4.01. The number of aliphatic hydroxyl groups is 1. The zero-order valence-electron chi connectivity index (χ0n) is 18.6. The summed E-state index contributed by atoms with van der Waals surface area (Å²) in [5.41, 5.74) is 0.252. The molecule has 0 spiro atoms. The Labute approximate surface area is 196 Å². The van der Waals surface area contributed by atoms with Gasteiger partial charge in [0.15, 0.2) is 9.84 Å². The molecule has 176 valence electrons. The number of hydrogen-bond acceptors (Lipinski definition) is 9. The number of carbonyl (C=O) groups excluding carboxylic acids is 1. The standard InChI is InChI=1S/C22H25N3O6S2/c1-13(2)20-23-22(32-25-20)24-21(27)15-9-17(30-14(3)12-26)11-18(10-15)31-16-5-7-19(8-6-16)33(4,28)29/h5-11,13-14,26H,12H2,1-4H3,(H,23,24,25,27). The van der Waals surface area contributed by atoms with E-state index in [-0.39, 0.29) is 23.0 Å². The Bertz CT molecular complexity index is 1220. The van der Waals surface area contributed by atoms with Crippen molar-refractivity contribution >= 4 is 32.4 Å². The SMILES string of the molecule is CC(CO)Oc1cc(Oc2ccc(S(C)(=O)=O)cc2)cc(C(=O)Nc2nc(C(C)C)ns2)c1. The molecule has 0 radical (unpaired) electrons. The maximum Gasteiger partial charge on any atom is 0.257 e. The maximum atomic E-state index is 12.9. The lowest BCUT2D eigenvalue weighted by Crippen LogP contribution is -2.17. The smallest absolute Gasteiger partial charge is 0.257 e. The zero-order valence-corrected chi connectivity index (χ0v) is 20.2. The molecule has 0 aliphatic rings. The lowest BCUT2D eigenvalue weighted by molar-refractivity contribution is 0.102. The number of ether oxygens (including phenoxy) is 2. The second kappa shape index (κ2) is 10.3. The fraction of sp³-hybridized carbons (Fsp3) is 0.318. The summed E-state index contributed by atoms with van der Waals surface area (Å²) in [7, 11) is -3.33. The average molecular weight is 492 g/mol. The highest BCUT2D eigenvalue weighted by atomic mass is 32.2. The molecule has 1 aromatic heterocycles. The van der Waals surface area contributed by atoms with Gasteiger partial charge in [0.05, 0.1) is 11.5 Å². The largest absolute Gasteiger partial charge is 0.488 e. The Kier molecular flexibility index (Phi) is 7.67. The molecule has 11 heteroatoms. The van der Waals surface area contributed by atoms with Gasteiger partial charge in [0, 0.05) is 35.3 Å². The Morgan fingerprint density at radius 2 is 1.76 bits per heavy atom. The molecule has 33 heavy (non-hydrogen) atoms. The van der Waals surface area contributed by atoms with Crippen LogP contribution in [0.15, 0.2) is 47.4 Å². The summed E-state index contributed by atoms with van der Waals surface area (Å²) in [4.78, 5) is 17.3. The Balaban J connectivity index is 1.87. The van der Waals surface area contributed by atoms with Crippen molar-refractivity contribution in [3.63, 3.8) is 0 Å². The third-order valence-electron chi connectivity index (χ3n) is 4.40. The van der Waals surface area contributed by atoms with Gasteiger partial charge in [-0.25, -0.2) is 13.4 Å². The lowest BCUT2D eigenvalue weighted by Gasteiger charge is -2.15. The number of hydrogen-bond donors (Lipinski definition) is 2. The number of nitrogens with zero attached hydrogens (tertiary/aromatic N) is 2. The van der Waals surface area contributed by atoms with Crippen LogP contribution in [0.4, 0.5) is 5.13 Å². The van der Waals surface area contributed by atoms with Crippen LogP contribution in [0, 0.1) is 0 Å². The molecule has 2 N–H and O–H groups in total. The topological polar surface area (TPSA) is 128 Å². The highest BCUT2D eigenvalue weighted by molar-refractivity contribution is 7.90. The number of aromatic nitrogens is 2. The van der Waals surface area contributed by atoms with Crippen LogP contribution in [-0.2, 0) is 9.84 Å². The van der Waals surface area contributed by atoms with Gasteiger partial charge in [0.1, 0.15) is 29.2 Å². The third kappa shape index (κ3) is 6.73. The van der Waals surface area contributed by atoms with Gasteiger partial charge in [0.25, 0.3) is 5.91 Å². The highest BCUT2D eigenvalue weighted by Crippen LogP contribution is 2.29. The Hall–Kier alpha value is -3.02. The van der Waals surface area contributed by atoms with Gasteiger partial charge in [-0.15, -0.1) is 0 Å². The van der Waals surface area contributed by atoms with E-state index < -0.39 is 21.8 Å². The van der Waals surface area contributed by atoms with Crippen molar-refractivity contribution in [2.45, 2.75) is 37.7 Å². The maximum absolute atomic E-state index is 12.9. The van der Waals surface area contributed by atoms with Gasteiger partial charge >= 0.3 is 0 Å². The van der Waals surface area contributed by atoms with Crippen LogP contribution in [-0.4, -0.2) is 47.8 Å². The molecule has 0 aliphatic carbocycles. The average Bonchev–Trinajstić information content (AvgIpc) is 3.22. The van der Waals surface area contributed by atoms with E-state index in [1.165, 1.54) is 36.4 Å². The number of anilines is 1. The number of rotatable bonds is 9. The van der Waals surface area contributed by atoms with E-state index in [1.807, 2.05) is 13.8 Å². The first kappa shape index (κ1) is 24.6. The van der Waals surface area contributed by atoms with Gasteiger partial charge in [0.2, 0.25) is 5.13 Å². The van der Waals surface area contributed by atoms with Crippen LogP contribution in [0.1, 0.15) is 42.9 Å². The molecule has 0 saturated heterocycles. The van der Waals surface area contributed by atoms with Gasteiger partial charge in [-0.1, -0.05) is 13.8 Å². The molecule has 0 aliphatic heterocycles. The molecule has 1 amide bonds. The molecule has 1 atom stereocenters. The number of sulfone groups is 1. The van der Waals surface area contributed by atoms with E-state index in [2.05, 4.69) is 14.7 Å². The van der Waals surface area contributed by atoms with E-state index in [1.54, 1.807) is 13.0 Å². The lowest BCUT2D eigenvalue weighted by atomic mass is 10.2. The molecule has 0 fully saturated rings. The Morgan fingerprint density at radius 1 is 1.09 bits per heavy atom. The summed E-state index contributed by atoms with van der Waals surface area (Å²) in [6.07, 6.45) is 0.626. The number of nitrogens with one attached hydrogen (secondary N) is 1. The molecule has 3 aromatic rings. The van der Waals surface area contributed by atoms with E-state index >= 15 is 0 Å². The van der Waals surface area contributed by atoms with E-state index in [0.717, 1.165) is 17.8 Å². The minimum absolute atomic E-state index is 0.137. The monoisotopic (exact) mass is 491 g/mol. The molecular formula is C22H25N3O6S2. The van der Waals surface area contributed by atoms with Crippen molar-refractivity contribution < 1.29 is 27.8 Å². The summed E-state index contributed by atoms with van der Waals surface area (Å²) in [6.45, 7) is 5.40. The fourth-order valence-electron chi connectivity index (χ4n) is 2.68. The minimum atomic E-state index is -3.33. The third-order valence-corrected chi connectivity index (χ3v) is 6.18. The van der Waals surface area contributed by atoms with Crippen LogP contribution < -0.4 is 14.8 Å². The molecule has 1 unspecified atom stereocenters. The summed E-state index contributed by atoms with van der Waals surface area (Å²) in [6, 6.07) is 10.6. The molecule has 3 rings (SSSR count). The van der Waals surface area contributed by atoms with Crippen molar-refractivity contribution in [2.75, 3.05) is 18.2 Å². The number of amides is 1. The second-order valence-electron chi connectivity index (χ2n) is 7.72. The summed E-state index contributed by atoms with van der Waals surface area (Å²) < 4.78 is 39.0. The van der Waals surface area contributed by atoms with Crippen LogP contribution in [0.25, 0.3) is 0 Å². The summed E-state index contributed by atoms with van der Waals surface area (Å²) >= 11 is 1.09. The highest BCUT2D eigenvalue weighted by Gasteiger charge is 2.16. The van der Waals surface area contributed by atoms with Crippen molar-refractivity contribution in [3.8, 4) is 17.2 Å². The van der Waals surface area contributed by atoms with Crippen LogP contribution in [0.3, 0.4) is 0 Å². The summed E-state index contributed by atoms with van der Waals surface area (Å²) in [5, 5.41) is 12.4. The van der Waals surface area contributed by atoms with Crippen molar-refractivity contribution in [3.05, 3.63) is 53.9 Å². The number of aliphatic hydroxyl groups excluding tert-OH is 1. The minimum Gasteiger partial charge on any atom is -0.488 e. The molecule has 2 aromatic carbocycles. The van der Waals surface area contributed by atoms with Crippen molar-refractivity contribution in [2.24, 2.45) is 0 Å². The molecule has 9 nitrogen and oxygen atoms in total. The Morgan fingerprint density at radius 3 is 2.33 bits per heavy atom. The second-order valence-corrected chi connectivity index (χ2v) is 10.5. The van der Waals surface area contributed by atoms with E-state index in [9.17, 15) is 18.3 Å². The molecular weight excluding hydrogens is 466 g/mol. The van der Waals surface area contributed by atoms with Gasteiger partial charge < -0.3 is 14.6 Å². The van der Waals surface area contributed by atoms with E-state index in [0.29, 0.717) is 28.2 Å². The quantitative estimate of drug-likeness (QED) is 0.462. The molecule has 0 saturated carbocycles. The van der Waals surface area contributed by atoms with Crippen LogP contribution >= 0.6 is 11.5 Å². The predicted molar refractivity (Wildman–Crippen MR) is 125 cm³/mol. The van der Waals surface area contributed by atoms with Crippen LogP contribution in [0.5, 0.6) is 17.2 Å². The van der Waals surface area contributed by atoms with Gasteiger partial charge in [-0.05, 0) is 43.3 Å². The normalized spacial score (nSPS) is 12.4. The van der Waals surface area contributed by atoms with E-state index in [4.69, 9.17) is 9.47 Å². The number of benzene rings is 2. The van der Waals surface area contributed by atoms with Crippen LogP contribution in [0.2, 0.25) is 0 Å². The van der Waals surface area contributed by atoms with Crippen molar-refractivity contribution in [1.29, 1.82) is 0 Å². The zero-order chi connectivity index (χ0) is 24.2. The van der Waals surface area contributed by atoms with Gasteiger partial charge in [-0.3, -0.25) is 10.1 Å². The van der Waals surface area contributed by atoms with Crippen molar-refractivity contribution in [1.82, 2.24) is 9.36 Å². The predicted octanol–water partition coefficient (Wildman–Crippen LogP) is 3.87. The first-order valence-electron chi connectivity index (χ1n) is 10.1. The number of carbonyl (C=O) groups is 1. The molecule has 0 bridgehead atoms. The first-order chi connectivity index (χ1) is 15.5. The first-order valence-corrected chi connectivity index (χ1v) is 12.8.